The molecule has 0 bridgehead atoms. The van der Waals surface area contributed by atoms with E-state index >= 15 is 0 Å². The molecule has 1 aliphatic heterocycles. The molecule has 1 aromatic carbocycles. The van der Waals surface area contributed by atoms with Gasteiger partial charge in [0.2, 0.25) is 6.79 Å². The number of benzene rings is 1. The Morgan fingerprint density at radius 2 is 2.06 bits per heavy atom. The van der Waals surface area contributed by atoms with Gasteiger partial charge >= 0.3 is 5.97 Å². The Hall–Kier alpha value is -1.78. The maximum absolute atomic E-state index is 13.5. The van der Waals surface area contributed by atoms with Crippen molar-refractivity contribution in [1.82, 2.24) is 0 Å². The molecule has 0 saturated heterocycles. The summed E-state index contributed by atoms with van der Waals surface area (Å²) in [5, 5.41) is 8.48. The van der Waals surface area contributed by atoms with E-state index in [0.29, 0.717) is 29.9 Å². The van der Waals surface area contributed by atoms with Crippen LogP contribution in [0.2, 0.25) is 0 Å². The van der Waals surface area contributed by atoms with E-state index in [1.54, 1.807) is 6.07 Å². The van der Waals surface area contributed by atoms with Crippen LogP contribution in [-0.4, -0.2) is 17.9 Å². The van der Waals surface area contributed by atoms with Crippen LogP contribution in [0, 0.1) is 5.82 Å². The highest BCUT2D eigenvalue weighted by Crippen LogP contribution is 2.34. The van der Waals surface area contributed by atoms with Crippen LogP contribution in [0.15, 0.2) is 12.1 Å². The Kier molecular flexibility index (Phi) is 2.94. The third-order valence-electron chi connectivity index (χ3n) is 2.38. The molecular formula is C11H11FO4. The number of carbonyl (C=O) groups is 1. The summed E-state index contributed by atoms with van der Waals surface area (Å²) >= 11 is 0. The Balaban J connectivity index is 2.06. The molecule has 0 aromatic heterocycles. The summed E-state index contributed by atoms with van der Waals surface area (Å²) in [4.78, 5) is 10.3. The number of hydrogen-bond donors (Lipinski definition) is 1. The predicted octanol–water partition coefficient (Wildman–Crippen LogP) is 1.96. The van der Waals surface area contributed by atoms with Crippen LogP contribution < -0.4 is 9.47 Å². The lowest BCUT2D eigenvalue weighted by atomic mass is 10.1. The average molecular weight is 226 g/mol. The molecule has 1 aliphatic rings. The van der Waals surface area contributed by atoms with Crippen LogP contribution in [0.25, 0.3) is 0 Å². The lowest BCUT2D eigenvalue weighted by Crippen LogP contribution is -1.97. The summed E-state index contributed by atoms with van der Waals surface area (Å²) in [7, 11) is 0. The molecule has 16 heavy (non-hydrogen) atoms. The maximum atomic E-state index is 13.5. The summed E-state index contributed by atoms with van der Waals surface area (Å²) in [6.07, 6.45) is 0.828. The fourth-order valence-corrected chi connectivity index (χ4v) is 1.58. The fraction of sp³-hybridized carbons (Fsp3) is 0.364. The molecule has 0 radical (unpaired) electrons. The van der Waals surface area contributed by atoms with Gasteiger partial charge in [0, 0.05) is 12.5 Å². The number of halogens is 1. The van der Waals surface area contributed by atoms with E-state index in [2.05, 4.69) is 0 Å². The predicted molar refractivity (Wildman–Crippen MR) is 53.1 cm³/mol. The Morgan fingerprint density at radius 3 is 2.75 bits per heavy atom. The summed E-state index contributed by atoms with van der Waals surface area (Å²) < 4.78 is 23.6. The van der Waals surface area contributed by atoms with E-state index in [4.69, 9.17) is 14.6 Å². The fourth-order valence-electron chi connectivity index (χ4n) is 1.58. The first-order valence-electron chi connectivity index (χ1n) is 4.96. The monoisotopic (exact) mass is 226 g/mol. The van der Waals surface area contributed by atoms with E-state index in [-0.39, 0.29) is 19.0 Å². The van der Waals surface area contributed by atoms with Crippen molar-refractivity contribution in [3.05, 3.63) is 23.5 Å². The Bertz CT molecular complexity index is 417. The minimum absolute atomic E-state index is 0.0356. The van der Waals surface area contributed by atoms with Crippen molar-refractivity contribution < 1.29 is 23.8 Å². The average Bonchev–Trinajstić information content (AvgIpc) is 2.64. The molecule has 0 amide bonds. The SMILES string of the molecule is O=C(O)CCCc1cc2c(cc1F)OCO2. The van der Waals surface area contributed by atoms with Gasteiger partial charge < -0.3 is 14.6 Å². The van der Waals surface area contributed by atoms with Gasteiger partial charge in [-0.3, -0.25) is 4.79 Å². The number of fused-ring (bicyclic) bond motifs is 1. The molecule has 1 N–H and O–H groups in total. The highest BCUT2D eigenvalue weighted by molar-refractivity contribution is 5.66. The highest BCUT2D eigenvalue weighted by Gasteiger charge is 2.17. The van der Waals surface area contributed by atoms with Crippen molar-refractivity contribution in [2.75, 3.05) is 6.79 Å². The van der Waals surface area contributed by atoms with Crippen molar-refractivity contribution in [2.45, 2.75) is 19.3 Å². The minimum Gasteiger partial charge on any atom is -0.481 e. The molecule has 86 valence electrons. The molecule has 0 atom stereocenters. The summed E-state index contributed by atoms with van der Waals surface area (Å²) in [6.45, 7) is 0.105. The number of aliphatic carboxylic acids is 1. The third-order valence-corrected chi connectivity index (χ3v) is 2.38. The molecule has 0 aliphatic carbocycles. The van der Waals surface area contributed by atoms with Gasteiger partial charge in [0.25, 0.3) is 0 Å². The van der Waals surface area contributed by atoms with Crippen molar-refractivity contribution in [3.63, 3.8) is 0 Å². The number of ether oxygens (including phenoxy) is 2. The molecule has 5 heteroatoms. The number of hydrogen-bond acceptors (Lipinski definition) is 3. The molecule has 0 fully saturated rings. The second-order valence-electron chi connectivity index (χ2n) is 3.54. The van der Waals surface area contributed by atoms with Crippen molar-refractivity contribution >= 4 is 5.97 Å². The van der Waals surface area contributed by atoms with Gasteiger partial charge in [0.05, 0.1) is 0 Å². The molecule has 2 rings (SSSR count). The number of rotatable bonds is 4. The second-order valence-corrected chi connectivity index (χ2v) is 3.54. The Labute approximate surface area is 91.6 Å². The first kappa shape index (κ1) is 10.7. The zero-order valence-corrected chi connectivity index (χ0v) is 8.53. The van der Waals surface area contributed by atoms with Crippen LogP contribution in [0.3, 0.4) is 0 Å². The molecule has 0 saturated carbocycles. The van der Waals surface area contributed by atoms with Crippen LogP contribution >= 0.6 is 0 Å². The van der Waals surface area contributed by atoms with E-state index < -0.39 is 5.97 Å². The van der Waals surface area contributed by atoms with Gasteiger partial charge in [0.15, 0.2) is 11.5 Å². The quantitative estimate of drug-likeness (QED) is 0.852. The molecule has 4 nitrogen and oxygen atoms in total. The van der Waals surface area contributed by atoms with Crippen LogP contribution in [0.5, 0.6) is 11.5 Å². The maximum Gasteiger partial charge on any atom is 0.303 e. The largest absolute Gasteiger partial charge is 0.481 e. The minimum atomic E-state index is -0.874. The molecule has 0 unspecified atom stereocenters. The van der Waals surface area contributed by atoms with Gasteiger partial charge in [-0.15, -0.1) is 0 Å². The van der Waals surface area contributed by atoms with Crippen molar-refractivity contribution in [2.24, 2.45) is 0 Å². The topological polar surface area (TPSA) is 55.8 Å². The second kappa shape index (κ2) is 4.38. The summed E-state index contributed by atoms with van der Waals surface area (Å²) in [5.74, 6) is -0.331. The number of carboxylic acid groups (broad SMARTS) is 1. The third kappa shape index (κ3) is 2.24. The van der Waals surface area contributed by atoms with Gasteiger partial charge in [-0.1, -0.05) is 0 Å². The normalized spacial score (nSPS) is 12.8. The first-order valence-corrected chi connectivity index (χ1v) is 4.96. The highest BCUT2D eigenvalue weighted by atomic mass is 19.1. The van der Waals surface area contributed by atoms with Gasteiger partial charge in [0.1, 0.15) is 5.82 Å². The zero-order valence-electron chi connectivity index (χ0n) is 8.53. The van der Waals surface area contributed by atoms with Crippen molar-refractivity contribution in [3.8, 4) is 11.5 Å². The standard InChI is InChI=1S/C11H11FO4/c12-8-5-10-9(15-6-16-10)4-7(8)2-1-3-11(13)14/h4-5H,1-3,6H2,(H,13,14). The molecule has 1 heterocycles. The number of aryl methyl sites for hydroxylation is 1. The Morgan fingerprint density at radius 1 is 1.38 bits per heavy atom. The lowest BCUT2D eigenvalue weighted by molar-refractivity contribution is -0.137. The molecule has 0 spiro atoms. The molecule has 1 aromatic rings. The van der Waals surface area contributed by atoms with E-state index in [0.717, 1.165) is 0 Å². The summed E-state index contributed by atoms with van der Waals surface area (Å²) in [6, 6.07) is 2.85. The smallest absolute Gasteiger partial charge is 0.303 e. The molecular weight excluding hydrogens is 215 g/mol. The van der Waals surface area contributed by atoms with E-state index in [1.807, 2.05) is 0 Å². The van der Waals surface area contributed by atoms with Crippen LogP contribution in [0.4, 0.5) is 4.39 Å². The van der Waals surface area contributed by atoms with E-state index in [9.17, 15) is 9.18 Å². The van der Waals surface area contributed by atoms with Gasteiger partial charge in [-0.2, -0.15) is 0 Å². The van der Waals surface area contributed by atoms with Crippen LogP contribution in [-0.2, 0) is 11.2 Å². The van der Waals surface area contributed by atoms with Gasteiger partial charge in [-0.25, -0.2) is 4.39 Å². The van der Waals surface area contributed by atoms with Crippen LogP contribution in [0.1, 0.15) is 18.4 Å². The first-order chi connectivity index (χ1) is 7.66. The summed E-state index contributed by atoms with van der Waals surface area (Å²) in [5.41, 5.74) is 0.463. The lowest BCUT2D eigenvalue weighted by Gasteiger charge is -2.04. The number of carboxylic acids is 1. The van der Waals surface area contributed by atoms with Crippen molar-refractivity contribution in [1.29, 1.82) is 0 Å². The van der Waals surface area contributed by atoms with E-state index in [1.165, 1.54) is 6.07 Å². The van der Waals surface area contributed by atoms with Gasteiger partial charge in [-0.05, 0) is 24.5 Å². The zero-order chi connectivity index (χ0) is 11.5.